The molecule has 0 fully saturated rings. The van der Waals surface area contributed by atoms with Crippen LogP contribution in [-0.2, 0) is 0 Å². The molecule has 1 aromatic carbocycles. The number of nitro groups is 1. The number of halogens is 1. The van der Waals surface area contributed by atoms with Crippen LogP contribution in [0.5, 0.6) is 0 Å². The Morgan fingerprint density at radius 2 is 2.05 bits per heavy atom. The first-order valence-electron chi connectivity index (χ1n) is 5.56. The second-order valence-corrected chi connectivity index (χ2v) is 4.64. The summed E-state index contributed by atoms with van der Waals surface area (Å²) in [6.45, 7) is 3.36. The van der Waals surface area contributed by atoms with Crippen LogP contribution in [0.1, 0.15) is 21.7 Å². The third kappa shape index (κ3) is 2.35. The number of rotatable bonds is 3. The summed E-state index contributed by atoms with van der Waals surface area (Å²) in [7, 11) is 0. The van der Waals surface area contributed by atoms with Crippen molar-refractivity contribution in [1.29, 1.82) is 0 Å². The summed E-state index contributed by atoms with van der Waals surface area (Å²) < 4.78 is 1.40. The molecule has 0 radical (unpaired) electrons. The first-order valence-corrected chi connectivity index (χ1v) is 5.94. The number of carbonyl (C=O) groups is 1. The molecule has 1 N–H and O–H groups in total. The highest BCUT2D eigenvalue weighted by Crippen LogP contribution is 2.30. The van der Waals surface area contributed by atoms with Crippen molar-refractivity contribution in [2.75, 3.05) is 0 Å². The van der Waals surface area contributed by atoms with Gasteiger partial charge in [0.25, 0.3) is 5.69 Å². The van der Waals surface area contributed by atoms with Gasteiger partial charge in [-0.3, -0.25) is 10.1 Å². The smallest absolute Gasteiger partial charge is 0.356 e. The summed E-state index contributed by atoms with van der Waals surface area (Å²) in [4.78, 5) is 21.1. The highest BCUT2D eigenvalue weighted by molar-refractivity contribution is 6.32. The standard InChI is InChI=1S/C12H10ClN3O4/c1-6-3-11(16(19)20)8(13)5-10(6)15-7(2)4-9(14-15)12(17)18/h3-5H,1-2H3,(H,17,18). The van der Waals surface area contributed by atoms with E-state index >= 15 is 0 Å². The number of aromatic nitrogens is 2. The Morgan fingerprint density at radius 3 is 2.55 bits per heavy atom. The number of carboxylic acids is 1. The van der Waals surface area contributed by atoms with Gasteiger partial charge in [-0.25, -0.2) is 9.48 Å². The molecule has 0 saturated heterocycles. The van der Waals surface area contributed by atoms with E-state index in [0.717, 1.165) is 0 Å². The summed E-state index contributed by atoms with van der Waals surface area (Å²) in [6.07, 6.45) is 0. The fourth-order valence-corrected chi connectivity index (χ4v) is 2.07. The van der Waals surface area contributed by atoms with E-state index in [9.17, 15) is 14.9 Å². The predicted molar refractivity (Wildman–Crippen MR) is 71.7 cm³/mol. The number of aryl methyl sites for hydroxylation is 2. The molecule has 2 aromatic rings. The monoisotopic (exact) mass is 295 g/mol. The molecule has 0 amide bonds. The molecule has 0 aliphatic heterocycles. The first kappa shape index (κ1) is 14.0. The van der Waals surface area contributed by atoms with Crippen molar-refractivity contribution >= 4 is 23.3 Å². The Labute approximate surface area is 118 Å². The van der Waals surface area contributed by atoms with E-state index < -0.39 is 10.9 Å². The topological polar surface area (TPSA) is 98.3 Å². The minimum Gasteiger partial charge on any atom is -0.476 e. The van der Waals surface area contributed by atoms with Gasteiger partial charge in [-0.05, 0) is 31.5 Å². The van der Waals surface area contributed by atoms with E-state index in [4.69, 9.17) is 16.7 Å². The van der Waals surface area contributed by atoms with Gasteiger partial charge < -0.3 is 5.11 Å². The summed E-state index contributed by atoms with van der Waals surface area (Å²) in [5.41, 5.74) is 1.37. The number of hydrogen-bond acceptors (Lipinski definition) is 4. The molecule has 20 heavy (non-hydrogen) atoms. The zero-order valence-corrected chi connectivity index (χ0v) is 11.4. The molecule has 0 bridgehead atoms. The highest BCUT2D eigenvalue weighted by Gasteiger charge is 2.18. The van der Waals surface area contributed by atoms with Gasteiger partial charge in [0.05, 0.1) is 10.6 Å². The van der Waals surface area contributed by atoms with Crippen LogP contribution in [0.15, 0.2) is 18.2 Å². The molecule has 0 unspecified atom stereocenters. The van der Waals surface area contributed by atoms with Crippen LogP contribution in [0.25, 0.3) is 5.69 Å². The molecule has 0 saturated carbocycles. The van der Waals surface area contributed by atoms with Crippen molar-refractivity contribution in [3.8, 4) is 5.69 Å². The number of benzene rings is 1. The van der Waals surface area contributed by atoms with Gasteiger partial charge in [0.15, 0.2) is 5.69 Å². The van der Waals surface area contributed by atoms with Crippen molar-refractivity contribution in [3.63, 3.8) is 0 Å². The van der Waals surface area contributed by atoms with Crippen molar-refractivity contribution in [1.82, 2.24) is 9.78 Å². The van der Waals surface area contributed by atoms with Gasteiger partial charge in [0.2, 0.25) is 0 Å². The van der Waals surface area contributed by atoms with Crippen LogP contribution < -0.4 is 0 Å². The fraction of sp³-hybridized carbons (Fsp3) is 0.167. The lowest BCUT2D eigenvalue weighted by Gasteiger charge is -2.09. The van der Waals surface area contributed by atoms with Crippen LogP contribution >= 0.6 is 11.6 Å². The zero-order valence-electron chi connectivity index (χ0n) is 10.6. The minimum absolute atomic E-state index is 0.0256. The van der Waals surface area contributed by atoms with E-state index in [1.54, 1.807) is 13.8 Å². The van der Waals surface area contributed by atoms with Gasteiger partial charge in [-0.15, -0.1) is 0 Å². The Balaban J connectivity index is 2.62. The van der Waals surface area contributed by atoms with Crippen LogP contribution in [-0.4, -0.2) is 25.8 Å². The Morgan fingerprint density at radius 1 is 1.40 bits per heavy atom. The van der Waals surface area contributed by atoms with Crippen molar-refractivity contribution in [2.24, 2.45) is 0 Å². The van der Waals surface area contributed by atoms with Crippen molar-refractivity contribution in [3.05, 3.63) is 50.3 Å². The molecule has 1 heterocycles. The second-order valence-electron chi connectivity index (χ2n) is 4.24. The molecule has 8 heteroatoms. The predicted octanol–water partition coefficient (Wildman–Crippen LogP) is 2.75. The molecule has 0 aliphatic rings. The first-order chi connectivity index (χ1) is 9.31. The van der Waals surface area contributed by atoms with Crippen LogP contribution in [0.2, 0.25) is 5.02 Å². The number of nitro benzene ring substituents is 1. The molecule has 1 aromatic heterocycles. The van der Waals surface area contributed by atoms with Crippen LogP contribution in [0.3, 0.4) is 0 Å². The average molecular weight is 296 g/mol. The molecular formula is C12H10ClN3O4. The molecule has 104 valence electrons. The Hall–Kier alpha value is -2.41. The van der Waals surface area contributed by atoms with Gasteiger partial charge >= 0.3 is 5.97 Å². The highest BCUT2D eigenvalue weighted by atomic mass is 35.5. The zero-order chi connectivity index (χ0) is 15.0. The summed E-state index contributed by atoms with van der Waals surface area (Å²) in [5.74, 6) is -1.14. The lowest BCUT2D eigenvalue weighted by molar-refractivity contribution is -0.384. The van der Waals surface area contributed by atoms with E-state index in [1.807, 2.05) is 0 Å². The number of hydrogen-bond donors (Lipinski definition) is 1. The van der Waals surface area contributed by atoms with E-state index in [2.05, 4.69) is 5.10 Å². The van der Waals surface area contributed by atoms with E-state index in [0.29, 0.717) is 16.9 Å². The molecule has 0 spiro atoms. The molecule has 0 aliphatic carbocycles. The fourth-order valence-electron chi connectivity index (χ4n) is 1.85. The largest absolute Gasteiger partial charge is 0.476 e. The summed E-state index contributed by atoms with van der Waals surface area (Å²) >= 11 is 5.87. The molecule has 0 atom stereocenters. The third-order valence-electron chi connectivity index (χ3n) is 2.80. The SMILES string of the molecule is Cc1cc([N+](=O)[O-])c(Cl)cc1-n1nc(C(=O)O)cc1C. The maximum atomic E-state index is 10.9. The van der Waals surface area contributed by atoms with Gasteiger partial charge in [-0.2, -0.15) is 5.10 Å². The second kappa shape index (κ2) is 4.93. The lowest BCUT2D eigenvalue weighted by Crippen LogP contribution is -2.04. The quantitative estimate of drug-likeness (QED) is 0.693. The molecule has 2 rings (SSSR count). The van der Waals surface area contributed by atoms with Gasteiger partial charge in [-0.1, -0.05) is 11.6 Å². The number of nitrogens with zero attached hydrogens (tertiary/aromatic N) is 3. The normalized spacial score (nSPS) is 10.6. The average Bonchev–Trinajstić information content (AvgIpc) is 2.73. The van der Waals surface area contributed by atoms with Crippen molar-refractivity contribution in [2.45, 2.75) is 13.8 Å². The van der Waals surface area contributed by atoms with E-state index in [-0.39, 0.29) is 16.4 Å². The van der Waals surface area contributed by atoms with E-state index in [1.165, 1.54) is 22.9 Å². The summed E-state index contributed by atoms with van der Waals surface area (Å²) in [5, 5.41) is 23.6. The lowest BCUT2D eigenvalue weighted by atomic mass is 10.1. The molecular weight excluding hydrogens is 286 g/mol. The number of aromatic carboxylic acids is 1. The van der Waals surface area contributed by atoms with Crippen LogP contribution in [0.4, 0.5) is 5.69 Å². The Bertz CT molecular complexity index is 724. The van der Waals surface area contributed by atoms with Crippen molar-refractivity contribution < 1.29 is 14.8 Å². The Kier molecular flexibility index (Phi) is 3.46. The summed E-state index contributed by atoms with van der Waals surface area (Å²) in [6, 6.07) is 4.15. The van der Waals surface area contributed by atoms with Crippen LogP contribution in [0, 0.1) is 24.0 Å². The van der Waals surface area contributed by atoms with Gasteiger partial charge in [0, 0.05) is 11.8 Å². The van der Waals surface area contributed by atoms with Gasteiger partial charge in [0.1, 0.15) is 5.02 Å². The third-order valence-corrected chi connectivity index (χ3v) is 3.10. The minimum atomic E-state index is -1.14. The maximum Gasteiger partial charge on any atom is 0.356 e. The molecule has 7 nitrogen and oxygen atoms in total. The number of carboxylic acid groups (broad SMARTS) is 1. The maximum absolute atomic E-state index is 10.9.